The van der Waals surface area contributed by atoms with E-state index in [4.69, 9.17) is 4.74 Å². The second kappa shape index (κ2) is 5.25. The van der Waals surface area contributed by atoms with Gasteiger partial charge in [-0.1, -0.05) is 13.0 Å². The number of nitrogens with one attached hydrogen (secondary N) is 1. The number of ether oxygens (including phenoxy) is 1. The highest BCUT2D eigenvalue weighted by atomic mass is 16.5. The zero-order chi connectivity index (χ0) is 14.1. The maximum Gasteiger partial charge on any atom is 0.254 e. The SMILES string of the molecule is CCC1C(=O)NCCN1C(=O)c1ccc2c(c1)COC2. The number of rotatable bonds is 2. The van der Waals surface area contributed by atoms with E-state index < -0.39 is 0 Å². The standard InChI is InChI=1S/C15H18N2O3/c1-2-13-14(18)16-5-6-17(13)15(19)10-3-4-11-8-20-9-12(11)7-10/h3-4,7,13H,2,5-6,8-9H2,1H3,(H,16,18). The summed E-state index contributed by atoms with van der Waals surface area (Å²) in [6, 6.07) is 5.31. The van der Waals surface area contributed by atoms with Crippen LogP contribution in [0.2, 0.25) is 0 Å². The van der Waals surface area contributed by atoms with E-state index in [9.17, 15) is 9.59 Å². The molecule has 2 aliphatic rings. The first-order valence-corrected chi connectivity index (χ1v) is 6.99. The molecule has 0 spiro atoms. The van der Waals surface area contributed by atoms with Gasteiger partial charge in [-0.05, 0) is 29.7 Å². The molecule has 1 unspecified atom stereocenters. The molecule has 1 atom stereocenters. The first-order valence-electron chi connectivity index (χ1n) is 6.99. The van der Waals surface area contributed by atoms with Crippen molar-refractivity contribution >= 4 is 11.8 Å². The summed E-state index contributed by atoms with van der Waals surface area (Å²) in [5, 5.41) is 2.81. The van der Waals surface area contributed by atoms with E-state index in [2.05, 4.69) is 5.32 Å². The van der Waals surface area contributed by atoms with Crippen molar-refractivity contribution in [3.63, 3.8) is 0 Å². The third kappa shape index (κ3) is 2.18. The molecular weight excluding hydrogens is 256 g/mol. The Morgan fingerprint density at radius 1 is 1.40 bits per heavy atom. The van der Waals surface area contributed by atoms with Crippen LogP contribution >= 0.6 is 0 Å². The lowest BCUT2D eigenvalue weighted by Gasteiger charge is -2.34. The van der Waals surface area contributed by atoms with Crippen molar-refractivity contribution in [2.24, 2.45) is 0 Å². The van der Waals surface area contributed by atoms with Gasteiger partial charge >= 0.3 is 0 Å². The molecule has 2 aliphatic heterocycles. The van der Waals surface area contributed by atoms with Crippen LogP contribution < -0.4 is 5.32 Å². The van der Waals surface area contributed by atoms with Crippen molar-refractivity contribution in [3.05, 3.63) is 34.9 Å². The van der Waals surface area contributed by atoms with Gasteiger partial charge in [0.05, 0.1) is 13.2 Å². The Hall–Kier alpha value is -1.88. The number of benzene rings is 1. The van der Waals surface area contributed by atoms with Crippen LogP contribution in [0.5, 0.6) is 0 Å². The van der Waals surface area contributed by atoms with Gasteiger partial charge in [-0.25, -0.2) is 0 Å². The van der Waals surface area contributed by atoms with Gasteiger partial charge in [0.25, 0.3) is 5.91 Å². The molecule has 0 saturated carbocycles. The molecule has 1 fully saturated rings. The molecular formula is C15H18N2O3. The number of fused-ring (bicyclic) bond motifs is 1. The average molecular weight is 274 g/mol. The van der Waals surface area contributed by atoms with Crippen LogP contribution in [0.15, 0.2) is 18.2 Å². The van der Waals surface area contributed by atoms with E-state index in [0.717, 1.165) is 11.1 Å². The van der Waals surface area contributed by atoms with E-state index >= 15 is 0 Å². The lowest BCUT2D eigenvalue weighted by molar-refractivity contribution is -0.127. The third-order valence-corrected chi connectivity index (χ3v) is 3.95. The van der Waals surface area contributed by atoms with Crippen molar-refractivity contribution in [1.82, 2.24) is 10.2 Å². The zero-order valence-corrected chi connectivity index (χ0v) is 11.5. The topological polar surface area (TPSA) is 58.6 Å². The maximum atomic E-state index is 12.6. The molecule has 5 nitrogen and oxygen atoms in total. The van der Waals surface area contributed by atoms with Gasteiger partial charge in [-0.3, -0.25) is 9.59 Å². The maximum absolute atomic E-state index is 12.6. The van der Waals surface area contributed by atoms with E-state index in [-0.39, 0.29) is 17.9 Å². The highest BCUT2D eigenvalue weighted by Gasteiger charge is 2.32. The number of hydrogen-bond donors (Lipinski definition) is 1. The molecule has 2 amide bonds. The van der Waals surface area contributed by atoms with Crippen molar-refractivity contribution in [3.8, 4) is 0 Å². The highest BCUT2D eigenvalue weighted by Crippen LogP contribution is 2.22. The van der Waals surface area contributed by atoms with Gasteiger partial charge in [0.1, 0.15) is 6.04 Å². The Labute approximate surface area is 117 Å². The fraction of sp³-hybridized carbons (Fsp3) is 0.467. The number of amides is 2. The van der Waals surface area contributed by atoms with Gasteiger partial charge in [-0.15, -0.1) is 0 Å². The average Bonchev–Trinajstić information content (AvgIpc) is 2.93. The van der Waals surface area contributed by atoms with Gasteiger partial charge < -0.3 is 15.0 Å². The molecule has 106 valence electrons. The Morgan fingerprint density at radius 3 is 3.00 bits per heavy atom. The van der Waals surface area contributed by atoms with Gasteiger partial charge in [0, 0.05) is 18.7 Å². The second-order valence-corrected chi connectivity index (χ2v) is 5.19. The van der Waals surface area contributed by atoms with E-state index in [0.29, 0.717) is 38.3 Å². The van der Waals surface area contributed by atoms with Crippen LogP contribution in [0.1, 0.15) is 34.8 Å². The molecule has 3 rings (SSSR count). The predicted octanol–water partition coefficient (Wildman–Crippen LogP) is 1.07. The number of piperazine rings is 1. The van der Waals surface area contributed by atoms with E-state index in [1.807, 2.05) is 25.1 Å². The third-order valence-electron chi connectivity index (χ3n) is 3.95. The van der Waals surface area contributed by atoms with Crippen LogP contribution in [0, 0.1) is 0 Å². The van der Waals surface area contributed by atoms with Crippen molar-refractivity contribution in [2.45, 2.75) is 32.6 Å². The summed E-state index contributed by atoms with van der Waals surface area (Å²) < 4.78 is 5.37. The van der Waals surface area contributed by atoms with E-state index in [1.54, 1.807) is 4.90 Å². The molecule has 0 radical (unpaired) electrons. The zero-order valence-electron chi connectivity index (χ0n) is 11.5. The van der Waals surface area contributed by atoms with Crippen LogP contribution in [0.3, 0.4) is 0 Å². The van der Waals surface area contributed by atoms with Crippen LogP contribution in [0.4, 0.5) is 0 Å². The molecule has 1 aromatic rings. The summed E-state index contributed by atoms with van der Waals surface area (Å²) in [6.07, 6.45) is 0.631. The number of carbonyl (C=O) groups excluding carboxylic acids is 2. The monoisotopic (exact) mass is 274 g/mol. The summed E-state index contributed by atoms with van der Waals surface area (Å²) >= 11 is 0. The summed E-state index contributed by atoms with van der Waals surface area (Å²) in [5.41, 5.74) is 2.86. The Morgan fingerprint density at radius 2 is 2.20 bits per heavy atom. The number of nitrogens with zero attached hydrogens (tertiary/aromatic N) is 1. The molecule has 20 heavy (non-hydrogen) atoms. The quantitative estimate of drug-likeness (QED) is 0.877. The fourth-order valence-electron chi connectivity index (χ4n) is 2.83. The first kappa shape index (κ1) is 13.1. The van der Waals surface area contributed by atoms with Gasteiger partial charge in [0.2, 0.25) is 5.91 Å². The van der Waals surface area contributed by atoms with Gasteiger partial charge in [-0.2, -0.15) is 0 Å². The van der Waals surface area contributed by atoms with Crippen LogP contribution in [0.25, 0.3) is 0 Å². The van der Waals surface area contributed by atoms with Crippen LogP contribution in [-0.2, 0) is 22.7 Å². The lowest BCUT2D eigenvalue weighted by atomic mass is 10.0. The van der Waals surface area contributed by atoms with Gasteiger partial charge in [0.15, 0.2) is 0 Å². The number of carbonyl (C=O) groups is 2. The molecule has 0 aromatic heterocycles. The highest BCUT2D eigenvalue weighted by molar-refractivity contribution is 5.98. The summed E-state index contributed by atoms with van der Waals surface area (Å²) in [7, 11) is 0. The molecule has 5 heteroatoms. The molecule has 0 aliphatic carbocycles. The normalized spacial score (nSPS) is 21.6. The predicted molar refractivity (Wildman–Crippen MR) is 73.1 cm³/mol. The largest absolute Gasteiger partial charge is 0.372 e. The Kier molecular flexibility index (Phi) is 3.44. The molecule has 1 N–H and O–H groups in total. The minimum Gasteiger partial charge on any atom is -0.372 e. The minimum atomic E-state index is -0.360. The number of hydrogen-bond acceptors (Lipinski definition) is 3. The van der Waals surface area contributed by atoms with E-state index in [1.165, 1.54) is 0 Å². The Bertz CT molecular complexity index is 556. The van der Waals surface area contributed by atoms with Crippen molar-refractivity contribution < 1.29 is 14.3 Å². The second-order valence-electron chi connectivity index (χ2n) is 5.19. The lowest BCUT2D eigenvalue weighted by Crippen LogP contribution is -2.56. The summed E-state index contributed by atoms with van der Waals surface area (Å²) in [5.74, 6) is -0.127. The molecule has 2 heterocycles. The smallest absolute Gasteiger partial charge is 0.254 e. The van der Waals surface area contributed by atoms with Crippen molar-refractivity contribution in [2.75, 3.05) is 13.1 Å². The molecule has 0 bridgehead atoms. The summed E-state index contributed by atoms with van der Waals surface area (Å²) in [6.45, 7) is 4.19. The summed E-state index contributed by atoms with van der Waals surface area (Å²) in [4.78, 5) is 26.1. The van der Waals surface area contributed by atoms with Crippen molar-refractivity contribution in [1.29, 1.82) is 0 Å². The fourth-order valence-corrected chi connectivity index (χ4v) is 2.83. The molecule has 1 saturated heterocycles. The Balaban J connectivity index is 1.86. The van der Waals surface area contributed by atoms with Crippen LogP contribution in [-0.4, -0.2) is 35.8 Å². The molecule has 1 aromatic carbocycles. The first-order chi connectivity index (χ1) is 9.70. The minimum absolute atomic E-state index is 0.0587.